The van der Waals surface area contributed by atoms with E-state index in [1.165, 1.54) is 23.7 Å². The summed E-state index contributed by atoms with van der Waals surface area (Å²) in [7, 11) is 0. The zero-order valence-corrected chi connectivity index (χ0v) is 4.43. The monoisotopic (exact) mass is 94.1 g/mol. The Bertz CT molecular complexity index is 104. The van der Waals surface area contributed by atoms with Crippen molar-refractivity contribution in [2.24, 2.45) is 23.7 Å². The van der Waals surface area contributed by atoms with Crippen LogP contribution in [0.25, 0.3) is 0 Å². The maximum absolute atomic E-state index is 1.62. The molecule has 0 N–H and O–H groups in total. The van der Waals surface area contributed by atoms with E-state index in [2.05, 4.69) is 0 Å². The summed E-state index contributed by atoms with van der Waals surface area (Å²) in [5, 5.41) is 0. The zero-order valence-electron chi connectivity index (χ0n) is 4.43. The smallest absolute Gasteiger partial charge is 0.0323 e. The van der Waals surface area contributed by atoms with E-state index in [1.807, 2.05) is 0 Å². The molecular formula is C7H10. The first kappa shape index (κ1) is 3.11. The van der Waals surface area contributed by atoms with Crippen LogP contribution in [0, 0.1) is 23.7 Å². The van der Waals surface area contributed by atoms with Crippen molar-refractivity contribution in [3.05, 3.63) is 0 Å². The molecule has 0 heterocycles. The molecule has 0 aromatic carbocycles. The lowest BCUT2D eigenvalue weighted by molar-refractivity contribution is 0.270. The lowest BCUT2D eigenvalue weighted by Crippen LogP contribution is -2.14. The maximum Gasteiger partial charge on any atom is -0.0323 e. The van der Waals surface area contributed by atoms with Crippen molar-refractivity contribution in [1.29, 1.82) is 0 Å². The molecule has 0 spiro atoms. The summed E-state index contributed by atoms with van der Waals surface area (Å²) in [5.41, 5.74) is 0. The van der Waals surface area contributed by atoms with Gasteiger partial charge in [-0.2, -0.15) is 0 Å². The molecule has 38 valence electrons. The maximum atomic E-state index is 1.62. The van der Waals surface area contributed by atoms with Gasteiger partial charge in [0.15, 0.2) is 0 Å². The molecule has 4 atom stereocenters. The summed E-state index contributed by atoms with van der Waals surface area (Å²) in [4.78, 5) is 0. The highest BCUT2D eigenvalue weighted by Crippen LogP contribution is 2.72. The summed E-state index contributed by atoms with van der Waals surface area (Å²) in [6.45, 7) is 0. The molecule has 7 heavy (non-hydrogen) atoms. The lowest BCUT2D eigenvalue weighted by atomic mass is 9.82. The minimum Gasteiger partial charge on any atom is -0.0499 e. The topological polar surface area (TPSA) is 0 Å². The molecule has 1 unspecified atom stereocenters. The highest BCUT2D eigenvalue weighted by atomic mass is 14.7. The largest absolute Gasteiger partial charge is 0.0499 e. The molecule has 3 aliphatic rings. The van der Waals surface area contributed by atoms with E-state index in [9.17, 15) is 0 Å². The van der Waals surface area contributed by atoms with Crippen LogP contribution in [0.1, 0.15) is 19.3 Å². The molecule has 0 heteroatoms. The van der Waals surface area contributed by atoms with E-state index in [1.54, 1.807) is 19.3 Å². The Morgan fingerprint density at radius 2 is 2.00 bits per heavy atom. The quantitative estimate of drug-likeness (QED) is 0.428. The average molecular weight is 94.2 g/mol. The van der Waals surface area contributed by atoms with E-state index in [4.69, 9.17) is 0 Å². The van der Waals surface area contributed by atoms with Gasteiger partial charge in [0.25, 0.3) is 0 Å². The summed E-state index contributed by atoms with van der Waals surface area (Å²) >= 11 is 0. The predicted molar refractivity (Wildman–Crippen MR) is 27.8 cm³/mol. The highest BCUT2D eigenvalue weighted by Gasteiger charge is 2.65. The second-order valence-electron chi connectivity index (χ2n) is 3.48. The summed E-state index contributed by atoms with van der Waals surface area (Å²) in [5.74, 6) is 5.03. The summed E-state index contributed by atoms with van der Waals surface area (Å²) in [6, 6.07) is 0. The first-order valence-electron chi connectivity index (χ1n) is 3.47. The van der Waals surface area contributed by atoms with Crippen LogP contribution in [0.15, 0.2) is 0 Å². The molecule has 0 aromatic rings. The van der Waals surface area contributed by atoms with Gasteiger partial charge < -0.3 is 0 Å². The van der Waals surface area contributed by atoms with Gasteiger partial charge in [0.2, 0.25) is 0 Å². The van der Waals surface area contributed by atoms with E-state index < -0.39 is 0 Å². The van der Waals surface area contributed by atoms with Crippen molar-refractivity contribution in [2.75, 3.05) is 0 Å². The van der Waals surface area contributed by atoms with Crippen LogP contribution in [-0.4, -0.2) is 0 Å². The normalized spacial score (nSPS) is 72.0. The first-order chi connectivity index (χ1) is 3.47. The third-order valence-electron chi connectivity index (χ3n) is 3.39. The van der Waals surface area contributed by atoms with Crippen LogP contribution in [0.5, 0.6) is 0 Å². The third-order valence-corrected chi connectivity index (χ3v) is 3.39. The summed E-state index contributed by atoms with van der Waals surface area (Å²) in [6.07, 6.45) is 4.81. The Kier molecular flexibility index (Phi) is 0.296. The van der Waals surface area contributed by atoms with E-state index in [-0.39, 0.29) is 0 Å². The number of rotatable bonds is 0. The Balaban J connectivity index is 2.07. The fourth-order valence-corrected chi connectivity index (χ4v) is 2.94. The second-order valence-corrected chi connectivity index (χ2v) is 3.48. The minimum absolute atomic E-state index is 1.23. The van der Waals surface area contributed by atoms with Gasteiger partial charge in [-0.15, -0.1) is 0 Å². The van der Waals surface area contributed by atoms with Crippen molar-refractivity contribution in [3.63, 3.8) is 0 Å². The van der Waals surface area contributed by atoms with Crippen LogP contribution in [0.2, 0.25) is 0 Å². The highest BCUT2D eigenvalue weighted by molar-refractivity contribution is 5.14. The Morgan fingerprint density at radius 3 is 2.14 bits per heavy atom. The Labute approximate surface area is 43.9 Å². The molecule has 0 saturated heterocycles. The molecule has 0 amide bonds. The van der Waals surface area contributed by atoms with Crippen molar-refractivity contribution in [1.82, 2.24) is 0 Å². The van der Waals surface area contributed by atoms with Crippen molar-refractivity contribution >= 4 is 0 Å². The number of fused-ring (bicyclic) bond motifs is 1. The second kappa shape index (κ2) is 0.667. The summed E-state index contributed by atoms with van der Waals surface area (Å²) < 4.78 is 0. The SMILES string of the molecule is C1C[C@H]2C3[C@@H]1C[C@H]32. The molecular weight excluding hydrogens is 84.1 g/mol. The van der Waals surface area contributed by atoms with E-state index in [0.29, 0.717) is 0 Å². The van der Waals surface area contributed by atoms with Gasteiger partial charge in [-0.25, -0.2) is 0 Å². The molecule has 0 nitrogen and oxygen atoms in total. The molecule has 0 aliphatic heterocycles. The first-order valence-corrected chi connectivity index (χ1v) is 3.47. The van der Waals surface area contributed by atoms with Gasteiger partial charge >= 0.3 is 0 Å². The van der Waals surface area contributed by atoms with Gasteiger partial charge in [0.1, 0.15) is 0 Å². The van der Waals surface area contributed by atoms with Crippen LogP contribution in [0.4, 0.5) is 0 Å². The molecule has 3 fully saturated rings. The van der Waals surface area contributed by atoms with Gasteiger partial charge in [0, 0.05) is 0 Å². The minimum atomic E-state index is 1.23. The molecule has 3 rings (SSSR count). The van der Waals surface area contributed by atoms with Crippen LogP contribution >= 0.6 is 0 Å². The predicted octanol–water partition coefficient (Wildman–Crippen LogP) is 1.66. The molecule has 3 aliphatic carbocycles. The van der Waals surface area contributed by atoms with Gasteiger partial charge in [-0.05, 0) is 42.9 Å². The molecule has 0 radical (unpaired) electrons. The van der Waals surface area contributed by atoms with Gasteiger partial charge in [-0.3, -0.25) is 0 Å². The lowest BCUT2D eigenvalue weighted by Gasteiger charge is -2.23. The van der Waals surface area contributed by atoms with E-state index in [0.717, 1.165) is 0 Å². The fraction of sp³-hybridized carbons (Fsp3) is 1.00. The molecule has 0 bridgehead atoms. The van der Waals surface area contributed by atoms with E-state index >= 15 is 0 Å². The standard InChI is InChI=1S/C7H10/c1-2-5-6-3-4(1)7(5)6/h4-7H,1-3H2/t4-,5+,6-,7?/m0/s1. The Morgan fingerprint density at radius 1 is 1.00 bits per heavy atom. The van der Waals surface area contributed by atoms with Gasteiger partial charge in [-0.1, -0.05) is 0 Å². The van der Waals surface area contributed by atoms with Crippen LogP contribution in [-0.2, 0) is 0 Å². The van der Waals surface area contributed by atoms with Crippen LogP contribution in [0.3, 0.4) is 0 Å². The fourth-order valence-electron chi connectivity index (χ4n) is 2.94. The van der Waals surface area contributed by atoms with Crippen LogP contribution < -0.4 is 0 Å². The average Bonchev–Trinajstić information content (AvgIpc) is 2.02. The van der Waals surface area contributed by atoms with Gasteiger partial charge in [0.05, 0.1) is 0 Å². The molecule has 3 saturated carbocycles. The van der Waals surface area contributed by atoms with Crippen molar-refractivity contribution in [3.8, 4) is 0 Å². The third kappa shape index (κ3) is 0.181. The van der Waals surface area contributed by atoms with Crippen molar-refractivity contribution < 1.29 is 0 Å². The van der Waals surface area contributed by atoms with Crippen molar-refractivity contribution in [2.45, 2.75) is 19.3 Å². The zero-order chi connectivity index (χ0) is 4.43. The number of hydrogen-bond donors (Lipinski definition) is 0. The molecule has 0 aromatic heterocycles. The Hall–Kier alpha value is 0. The number of hydrogen-bond acceptors (Lipinski definition) is 0.